The summed E-state index contributed by atoms with van der Waals surface area (Å²) in [5.74, 6) is 0. The normalized spacial score (nSPS) is 17.7. The first-order chi connectivity index (χ1) is 22.8. The topological polar surface area (TPSA) is 0 Å². The van der Waals surface area contributed by atoms with Gasteiger partial charge in [-0.25, -0.2) is 0 Å². The van der Waals surface area contributed by atoms with Crippen LogP contribution in [0.2, 0.25) is 0 Å². The molecule has 1 atom stereocenters. The van der Waals surface area contributed by atoms with Gasteiger partial charge in [-0.05, 0) is 109 Å². The van der Waals surface area contributed by atoms with Crippen molar-refractivity contribution in [1.29, 1.82) is 0 Å². The van der Waals surface area contributed by atoms with Gasteiger partial charge in [-0.3, -0.25) is 0 Å². The van der Waals surface area contributed by atoms with Crippen molar-refractivity contribution in [2.24, 2.45) is 0 Å². The Morgan fingerprint density at radius 2 is 1.22 bits per heavy atom. The van der Waals surface area contributed by atoms with Crippen LogP contribution in [0.5, 0.6) is 0 Å². The molecular weight excluding hydrogens is 573 g/mol. The van der Waals surface area contributed by atoms with Gasteiger partial charge in [-0.1, -0.05) is 145 Å². The van der Waals surface area contributed by atoms with Crippen molar-refractivity contribution in [2.45, 2.75) is 28.0 Å². The standard InChI is InChI=1S/C45H30S/c1-2-14-34(15-3-1)45(40-18-7-6-16-36(40)39-26-31-10-4-5-11-32(31)27-41(39)45)35-23-20-29(21-24-35)33-22-25-37-38-17-8-12-30-13-9-19-42(44(30)38)46-43(37)28-33/h1-5,7-15,17-28H,6,16H2. The second-order valence-corrected chi connectivity index (χ2v) is 13.8. The van der Waals surface area contributed by atoms with Crippen LogP contribution in [0.25, 0.3) is 49.4 Å². The van der Waals surface area contributed by atoms with E-state index >= 15 is 0 Å². The molecule has 0 radical (unpaired) electrons. The van der Waals surface area contributed by atoms with E-state index in [4.69, 9.17) is 0 Å². The molecule has 1 heteroatoms. The van der Waals surface area contributed by atoms with Crippen LogP contribution in [0.1, 0.15) is 35.1 Å². The maximum Gasteiger partial charge on any atom is 0.0710 e. The fourth-order valence-electron chi connectivity index (χ4n) is 8.37. The maximum absolute atomic E-state index is 2.47. The van der Waals surface area contributed by atoms with E-state index in [9.17, 15) is 0 Å². The number of allylic oxidation sites excluding steroid dienone is 4. The van der Waals surface area contributed by atoms with E-state index in [1.807, 2.05) is 11.8 Å². The lowest BCUT2D eigenvalue weighted by molar-refractivity contribution is 0.758. The third kappa shape index (κ3) is 3.64. The first kappa shape index (κ1) is 26.1. The van der Waals surface area contributed by atoms with Gasteiger partial charge in [0.15, 0.2) is 0 Å². The Morgan fingerprint density at radius 3 is 2.07 bits per heavy atom. The van der Waals surface area contributed by atoms with Gasteiger partial charge in [-0.15, -0.1) is 0 Å². The van der Waals surface area contributed by atoms with Gasteiger partial charge < -0.3 is 0 Å². The Kier molecular flexibility index (Phi) is 5.65. The van der Waals surface area contributed by atoms with Gasteiger partial charge in [0.1, 0.15) is 0 Å². The van der Waals surface area contributed by atoms with Gasteiger partial charge in [0.05, 0.1) is 5.41 Å². The molecule has 0 N–H and O–H groups in total. The number of fused-ring (bicyclic) bond motifs is 5. The summed E-state index contributed by atoms with van der Waals surface area (Å²) in [5, 5.41) is 5.30. The first-order valence-electron chi connectivity index (χ1n) is 16.2. The Hall–Kier alpha value is -5.11. The fraction of sp³-hybridized carbons (Fsp3) is 0.0667. The molecule has 1 unspecified atom stereocenters. The second-order valence-electron chi connectivity index (χ2n) is 12.7. The van der Waals surface area contributed by atoms with Crippen LogP contribution in [0.15, 0.2) is 173 Å². The van der Waals surface area contributed by atoms with Crippen molar-refractivity contribution >= 4 is 38.9 Å². The molecule has 0 bridgehead atoms. The molecule has 0 amide bonds. The van der Waals surface area contributed by atoms with E-state index in [-0.39, 0.29) is 5.41 Å². The molecule has 3 aliphatic rings. The van der Waals surface area contributed by atoms with Gasteiger partial charge in [0, 0.05) is 15.2 Å². The second kappa shape index (κ2) is 9.94. The van der Waals surface area contributed by atoms with Crippen molar-refractivity contribution in [2.75, 3.05) is 0 Å². The average molecular weight is 603 g/mol. The lowest BCUT2D eigenvalue weighted by Gasteiger charge is -2.35. The van der Waals surface area contributed by atoms with Gasteiger partial charge in [-0.2, -0.15) is 0 Å². The van der Waals surface area contributed by atoms with Crippen molar-refractivity contribution in [1.82, 2.24) is 0 Å². The third-order valence-electron chi connectivity index (χ3n) is 10.4. The van der Waals surface area contributed by atoms with Crippen LogP contribution >= 0.6 is 11.8 Å². The fourth-order valence-corrected chi connectivity index (χ4v) is 9.56. The van der Waals surface area contributed by atoms with E-state index < -0.39 is 0 Å². The lowest BCUT2D eigenvalue weighted by Crippen LogP contribution is -2.29. The van der Waals surface area contributed by atoms with Crippen LogP contribution in [0.4, 0.5) is 0 Å². The predicted octanol–water partition coefficient (Wildman–Crippen LogP) is 12.2. The summed E-state index contributed by atoms with van der Waals surface area (Å²) in [4.78, 5) is 2.67. The molecule has 0 saturated carbocycles. The summed E-state index contributed by atoms with van der Waals surface area (Å²) in [6.45, 7) is 0. The van der Waals surface area contributed by atoms with Crippen LogP contribution in [0, 0.1) is 0 Å². The smallest absolute Gasteiger partial charge is 0.0710 e. The van der Waals surface area contributed by atoms with Crippen LogP contribution in [-0.4, -0.2) is 0 Å². The number of hydrogen-bond donors (Lipinski definition) is 0. The van der Waals surface area contributed by atoms with Crippen LogP contribution in [-0.2, 0) is 5.41 Å². The molecule has 0 spiro atoms. The highest BCUT2D eigenvalue weighted by atomic mass is 32.2. The molecule has 0 fully saturated rings. The summed E-state index contributed by atoms with van der Waals surface area (Å²) in [6.07, 6.45) is 6.96. The summed E-state index contributed by atoms with van der Waals surface area (Å²) in [6, 6.07) is 54.7. The van der Waals surface area contributed by atoms with Crippen molar-refractivity contribution in [3.05, 3.63) is 186 Å². The summed E-state index contributed by atoms with van der Waals surface area (Å²) in [7, 11) is 0. The van der Waals surface area contributed by atoms with Crippen LogP contribution in [0.3, 0.4) is 0 Å². The van der Waals surface area contributed by atoms with E-state index in [0.717, 1.165) is 12.8 Å². The number of rotatable bonds is 3. The van der Waals surface area contributed by atoms with Crippen LogP contribution < -0.4 is 0 Å². The summed E-state index contributed by atoms with van der Waals surface area (Å²) < 4.78 is 0. The van der Waals surface area contributed by atoms with E-state index in [2.05, 4.69) is 158 Å². The van der Waals surface area contributed by atoms with Crippen molar-refractivity contribution in [3.8, 4) is 22.3 Å². The molecule has 7 aromatic carbocycles. The molecule has 1 heterocycles. The molecule has 1 aliphatic heterocycles. The molecule has 7 aromatic rings. The molecule has 0 nitrogen and oxygen atoms in total. The Labute approximate surface area is 273 Å². The monoisotopic (exact) mass is 602 g/mol. The van der Waals surface area contributed by atoms with E-state index in [1.54, 1.807) is 0 Å². The molecule has 10 rings (SSSR count). The minimum absolute atomic E-state index is 0.362. The Balaban J connectivity index is 1.14. The predicted molar refractivity (Wildman–Crippen MR) is 195 cm³/mol. The van der Waals surface area contributed by atoms with E-state index in [1.165, 1.54) is 87.0 Å². The minimum Gasteiger partial charge on any atom is -0.0888 e. The minimum atomic E-state index is -0.362. The highest BCUT2D eigenvalue weighted by molar-refractivity contribution is 7.99. The zero-order chi connectivity index (χ0) is 30.2. The molecule has 2 aliphatic carbocycles. The van der Waals surface area contributed by atoms with Crippen molar-refractivity contribution < 1.29 is 0 Å². The summed E-state index contributed by atoms with van der Waals surface area (Å²) >= 11 is 1.90. The third-order valence-corrected chi connectivity index (χ3v) is 11.5. The Bertz CT molecular complexity index is 2420. The van der Waals surface area contributed by atoms with Gasteiger partial charge in [0.25, 0.3) is 0 Å². The first-order valence-corrected chi connectivity index (χ1v) is 17.0. The largest absolute Gasteiger partial charge is 0.0888 e. The number of benzene rings is 7. The quantitative estimate of drug-likeness (QED) is 0.194. The molecule has 46 heavy (non-hydrogen) atoms. The lowest BCUT2D eigenvalue weighted by atomic mass is 9.66. The molecule has 216 valence electrons. The Morgan fingerprint density at radius 1 is 0.500 bits per heavy atom. The van der Waals surface area contributed by atoms with E-state index in [0.29, 0.717) is 0 Å². The zero-order valence-corrected chi connectivity index (χ0v) is 26.2. The molecule has 0 aromatic heterocycles. The van der Waals surface area contributed by atoms with Gasteiger partial charge >= 0.3 is 0 Å². The highest BCUT2D eigenvalue weighted by Crippen LogP contribution is 2.58. The maximum atomic E-state index is 2.47. The zero-order valence-electron chi connectivity index (χ0n) is 25.3. The van der Waals surface area contributed by atoms with Crippen molar-refractivity contribution in [3.63, 3.8) is 0 Å². The molecular formula is C45H30S. The molecule has 0 saturated heterocycles. The SMILES string of the molecule is C1=CC2=C(CC1)c1cc3ccccc3cc1C2(c1ccccc1)c1ccc(-c2ccc3c(c2)Sc2cccc4cccc-3c24)cc1. The highest BCUT2D eigenvalue weighted by Gasteiger charge is 2.47. The van der Waals surface area contributed by atoms with Gasteiger partial charge in [0.2, 0.25) is 0 Å². The summed E-state index contributed by atoms with van der Waals surface area (Å²) in [5.41, 5.74) is 13.2. The number of hydrogen-bond acceptors (Lipinski definition) is 1. The average Bonchev–Trinajstić information content (AvgIpc) is 3.41.